The number of hydrogen-bond donors (Lipinski definition) is 0. The van der Waals surface area contributed by atoms with Crippen LogP contribution in [-0.4, -0.2) is 70.1 Å². The predicted molar refractivity (Wildman–Crippen MR) is 119 cm³/mol. The van der Waals surface area contributed by atoms with Crippen molar-refractivity contribution in [2.24, 2.45) is 0 Å². The van der Waals surface area contributed by atoms with E-state index < -0.39 is 10.0 Å². The fourth-order valence-electron chi connectivity index (χ4n) is 3.86. The van der Waals surface area contributed by atoms with Crippen LogP contribution in [0.15, 0.2) is 47.4 Å². The van der Waals surface area contributed by atoms with E-state index in [4.69, 9.17) is 16.3 Å². The fraction of sp³-hybridized carbons (Fsp3) is 0.400. The first-order valence-electron chi connectivity index (χ1n) is 9.98. The van der Waals surface area contributed by atoms with Crippen molar-refractivity contribution >= 4 is 38.7 Å². The number of anilines is 2. The lowest BCUT2D eigenvalue weighted by Crippen LogP contribution is -2.48. The van der Waals surface area contributed by atoms with Gasteiger partial charge in [0, 0.05) is 56.0 Å². The first-order chi connectivity index (χ1) is 14.9. The minimum atomic E-state index is -3.59. The van der Waals surface area contributed by atoms with Gasteiger partial charge in [-0.2, -0.15) is 4.31 Å². The first-order valence-corrected chi connectivity index (χ1v) is 11.8. The molecule has 2 aromatic carbocycles. The molecule has 2 aliphatic heterocycles. The van der Waals surface area contributed by atoms with Crippen LogP contribution in [0.1, 0.15) is 0 Å². The van der Waals surface area contributed by atoms with E-state index in [0.717, 1.165) is 5.69 Å². The number of ether oxygens (including phenoxy) is 1. The Bertz CT molecular complexity index is 1050. The SMILES string of the molecule is O=[N+]([O-])c1ccc(N2CCN(S(=O)(=O)c3ccc(Cl)cc3)CC2)cc1N1CCOCC1. The van der Waals surface area contributed by atoms with E-state index in [-0.39, 0.29) is 15.5 Å². The third-order valence-corrected chi connectivity index (χ3v) is 7.73. The Morgan fingerprint density at radius 1 is 0.903 bits per heavy atom. The molecule has 31 heavy (non-hydrogen) atoms. The van der Waals surface area contributed by atoms with Crippen molar-refractivity contribution < 1.29 is 18.1 Å². The number of benzene rings is 2. The van der Waals surface area contributed by atoms with Crippen molar-refractivity contribution in [1.29, 1.82) is 0 Å². The summed E-state index contributed by atoms with van der Waals surface area (Å²) >= 11 is 5.87. The predicted octanol–water partition coefficient (Wildman–Crippen LogP) is 2.60. The van der Waals surface area contributed by atoms with Crippen molar-refractivity contribution in [2.45, 2.75) is 4.90 Å². The van der Waals surface area contributed by atoms with E-state index >= 15 is 0 Å². The highest BCUT2D eigenvalue weighted by Gasteiger charge is 2.30. The molecular formula is C20H23ClN4O5S. The van der Waals surface area contributed by atoms with Gasteiger partial charge in [0.2, 0.25) is 10.0 Å². The summed E-state index contributed by atoms with van der Waals surface area (Å²) in [7, 11) is -3.59. The summed E-state index contributed by atoms with van der Waals surface area (Å²) < 4.78 is 32.6. The third kappa shape index (κ3) is 4.62. The Morgan fingerprint density at radius 2 is 1.55 bits per heavy atom. The quantitative estimate of drug-likeness (QED) is 0.493. The monoisotopic (exact) mass is 466 g/mol. The van der Waals surface area contributed by atoms with Gasteiger partial charge in [0.25, 0.3) is 5.69 Å². The smallest absolute Gasteiger partial charge is 0.292 e. The van der Waals surface area contributed by atoms with E-state index in [1.165, 1.54) is 22.5 Å². The highest BCUT2D eigenvalue weighted by atomic mass is 35.5. The molecular weight excluding hydrogens is 444 g/mol. The standard InChI is InChI=1S/C20H23ClN4O5S/c21-16-1-4-18(5-2-16)31(28,29)24-9-7-22(8-10-24)17-3-6-19(25(26)27)20(15-17)23-11-13-30-14-12-23/h1-6,15H,7-14H2. The molecule has 2 fully saturated rings. The molecule has 11 heteroatoms. The highest BCUT2D eigenvalue weighted by Crippen LogP contribution is 2.34. The summed E-state index contributed by atoms with van der Waals surface area (Å²) in [6, 6.07) is 11.2. The van der Waals surface area contributed by atoms with Crippen molar-refractivity contribution in [3.8, 4) is 0 Å². The number of nitro benzene ring substituents is 1. The third-order valence-electron chi connectivity index (χ3n) is 5.56. The summed E-state index contributed by atoms with van der Waals surface area (Å²) in [4.78, 5) is 15.4. The Morgan fingerprint density at radius 3 is 2.16 bits per heavy atom. The van der Waals surface area contributed by atoms with Gasteiger partial charge in [0.05, 0.1) is 23.0 Å². The number of hydrogen-bond acceptors (Lipinski definition) is 7. The summed E-state index contributed by atoms with van der Waals surface area (Å²) in [5.41, 5.74) is 1.48. The van der Waals surface area contributed by atoms with Crippen LogP contribution in [-0.2, 0) is 14.8 Å². The Balaban J connectivity index is 1.50. The molecule has 0 atom stereocenters. The van der Waals surface area contributed by atoms with Gasteiger partial charge in [0.1, 0.15) is 5.69 Å². The van der Waals surface area contributed by atoms with E-state index in [2.05, 4.69) is 4.90 Å². The Hall–Kier alpha value is -2.40. The molecule has 0 unspecified atom stereocenters. The molecule has 0 saturated carbocycles. The Kier molecular flexibility index (Phi) is 6.33. The van der Waals surface area contributed by atoms with Crippen LogP contribution in [0.25, 0.3) is 0 Å². The topological polar surface area (TPSA) is 96.2 Å². The summed E-state index contributed by atoms with van der Waals surface area (Å²) in [6.45, 7) is 3.89. The van der Waals surface area contributed by atoms with Crippen LogP contribution >= 0.6 is 11.6 Å². The van der Waals surface area contributed by atoms with Crippen LogP contribution in [0, 0.1) is 10.1 Å². The van der Waals surface area contributed by atoms with Gasteiger partial charge >= 0.3 is 0 Å². The zero-order valence-electron chi connectivity index (χ0n) is 16.8. The van der Waals surface area contributed by atoms with Gasteiger partial charge in [-0.1, -0.05) is 11.6 Å². The molecule has 0 bridgehead atoms. The Labute approximate surface area is 186 Å². The number of sulfonamides is 1. The van der Waals surface area contributed by atoms with Gasteiger partial charge in [-0.25, -0.2) is 8.42 Å². The van der Waals surface area contributed by atoms with E-state index in [0.29, 0.717) is 63.2 Å². The van der Waals surface area contributed by atoms with Crippen molar-refractivity contribution in [2.75, 3.05) is 62.3 Å². The average molecular weight is 467 g/mol. The second-order valence-electron chi connectivity index (χ2n) is 7.37. The van der Waals surface area contributed by atoms with E-state index in [1.807, 2.05) is 11.0 Å². The summed E-state index contributed by atoms with van der Waals surface area (Å²) in [5.74, 6) is 0. The minimum Gasteiger partial charge on any atom is -0.378 e. The van der Waals surface area contributed by atoms with Crippen molar-refractivity contribution in [3.05, 3.63) is 57.6 Å². The van der Waals surface area contributed by atoms with Crippen LogP contribution in [0.4, 0.5) is 17.1 Å². The highest BCUT2D eigenvalue weighted by molar-refractivity contribution is 7.89. The molecule has 0 amide bonds. The summed E-state index contributed by atoms with van der Waals surface area (Å²) in [5, 5.41) is 12.0. The molecule has 0 aromatic heterocycles. The maximum absolute atomic E-state index is 12.9. The number of nitrogens with zero attached hydrogens (tertiary/aromatic N) is 4. The van der Waals surface area contributed by atoms with Gasteiger partial charge in [-0.3, -0.25) is 10.1 Å². The lowest BCUT2D eigenvalue weighted by atomic mass is 10.2. The number of halogens is 1. The molecule has 0 N–H and O–H groups in total. The second-order valence-corrected chi connectivity index (χ2v) is 9.75. The number of morpholine rings is 1. The average Bonchev–Trinajstić information content (AvgIpc) is 2.79. The first kappa shape index (κ1) is 21.8. The molecule has 2 saturated heterocycles. The lowest BCUT2D eigenvalue weighted by molar-refractivity contribution is -0.384. The number of piperazine rings is 1. The summed E-state index contributed by atoms with van der Waals surface area (Å²) in [6.07, 6.45) is 0. The van der Waals surface area contributed by atoms with Crippen molar-refractivity contribution in [3.63, 3.8) is 0 Å². The van der Waals surface area contributed by atoms with Crippen molar-refractivity contribution in [1.82, 2.24) is 4.31 Å². The maximum Gasteiger partial charge on any atom is 0.292 e. The zero-order chi connectivity index (χ0) is 22.0. The minimum absolute atomic E-state index is 0.0644. The second kappa shape index (κ2) is 8.99. The largest absolute Gasteiger partial charge is 0.378 e. The fourth-order valence-corrected chi connectivity index (χ4v) is 5.41. The zero-order valence-corrected chi connectivity index (χ0v) is 18.4. The van der Waals surface area contributed by atoms with Gasteiger partial charge in [-0.15, -0.1) is 0 Å². The molecule has 166 valence electrons. The molecule has 0 aliphatic carbocycles. The van der Waals surface area contributed by atoms with Gasteiger partial charge < -0.3 is 14.5 Å². The van der Waals surface area contributed by atoms with Gasteiger partial charge in [0.15, 0.2) is 0 Å². The molecule has 0 radical (unpaired) electrons. The molecule has 0 spiro atoms. The maximum atomic E-state index is 12.9. The van der Waals surface area contributed by atoms with Crippen LogP contribution in [0.2, 0.25) is 5.02 Å². The van der Waals surface area contributed by atoms with Gasteiger partial charge in [-0.05, 0) is 36.4 Å². The molecule has 4 rings (SSSR count). The molecule has 9 nitrogen and oxygen atoms in total. The van der Waals surface area contributed by atoms with E-state index in [1.54, 1.807) is 18.2 Å². The normalized spacial score (nSPS) is 18.2. The number of rotatable bonds is 5. The lowest BCUT2D eigenvalue weighted by Gasteiger charge is -2.36. The van der Waals surface area contributed by atoms with E-state index in [9.17, 15) is 18.5 Å². The number of nitro groups is 1. The van der Waals surface area contributed by atoms with Crippen LogP contribution < -0.4 is 9.80 Å². The van der Waals surface area contributed by atoms with Crippen LogP contribution in [0.3, 0.4) is 0 Å². The molecule has 2 aromatic rings. The molecule has 2 heterocycles. The van der Waals surface area contributed by atoms with Crippen LogP contribution in [0.5, 0.6) is 0 Å². The molecule has 2 aliphatic rings.